The predicted molar refractivity (Wildman–Crippen MR) is 87.1 cm³/mol. The van der Waals surface area contributed by atoms with Crippen molar-refractivity contribution in [2.24, 2.45) is 5.92 Å². The summed E-state index contributed by atoms with van der Waals surface area (Å²) < 4.78 is 5.84. The summed E-state index contributed by atoms with van der Waals surface area (Å²) in [5.41, 5.74) is 0. The van der Waals surface area contributed by atoms with Gasteiger partial charge in [-0.2, -0.15) is 0 Å². The fourth-order valence-electron chi connectivity index (χ4n) is 2.68. The molecule has 1 atom stereocenters. The number of nitrogens with one attached hydrogen (secondary N) is 1. The number of ether oxygens (including phenoxy) is 1. The van der Waals surface area contributed by atoms with Gasteiger partial charge in [0.2, 0.25) is 0 Å². The molecule has 1 fully saturated rings. The van der Waals surface area contributed by atoms with E-state index in [1.165, 1.54) is 0 Å². The van der Waals surface area contributed by atoms with E-state index in [9.17, 15) is 9.90 Å². The van der Waals surface area contributed by atoms with Crippen molar-refractivity contribution < 1.29 is 14.6 Å². The molecule has 0 bridgehead atoms. The zero-order valence-electron chi connectivity index (χ0n) is 13.1. The van der Waals surface area contributed by atoms with Gasteiger partial charge in [-0.25, -0.2) is 0 Å². The van der Waals surface area contributed by atoms with E-state index in [1.54, 1.807) is 24.3 Å². The topological polar surface area (TPSA) is 58.6 Å². The quantitative estimate of drug-likeness (QED) is 0.874. The third-order valence-electron chi connectivity index (χ3n) is 3.97. The summed E-state index contributed by atoms with van der Waals surface area (Å²) in [4.78, 5) is 12.5. The van der Waals surface area contributed by atoms with Crippen LogP contribution in [0.5, 0.6) is 5.75 Å². The van der Waals surface area contributed by atoms with Crippen molar-refractivity contribution in [2.45, 2.75) is 57.8 Å². The Hall–Kier alpha value is -1.26. The van der Waals surface area contributed by atoms with E-state index in [2.05, 4.69) is 5.32 Å². The van der Waals surface area contributed by atoms with Gasteiger partial charge in [0.1, 0.15) is 5.75 Å². The molecule has 1 saturated carbocycles. The number of aliphatic hydroxyl groups excluding tert-OH is 1. The van der Waals surface area contributed by atoms with Crippen molar-refractivity contribution in [3.63, 3.8) is 0 Å². The zero-order valence-corrected chi connectivity index (χ0v) is 13.8. The van der Waals surface area contributed by atoms with Crippen molar-refractivity contribution in [2.75, 3.05) is 0 Å². The van der Waals surface area contributed by atoms with Gasteiger partial charge in [-0.05, 0) is 49.8 Å². The van der Waals surface area contributed by atoms with Crippen LogP contribution in [0.15, 0.2) is 24.3 Å². The molecule has 0 heterocycles. The van der Waals surface area contributed by atoms with Crippen LogP contribution in [0.1, 0.15) is 39.5 Å². The molecule has 0 aliphatic heterocycles. The maximum Gasteiger partial charge on any atom is 0.261 e. The zero-order chi connectivity index (χ0) is 16.1. The summed E-state index contributed by atoms with van der Waals surface area (Å²) in [6.07, 6.45) is 2.34. The number of benzene rings is 1. The molecule has 2 rings (SSSR count). The number of halogens is 1. The number of rotatable bonds is 5. The van der Waals surface area contributed by atoms with Crippen molar-refractivity contribution in [3.05, 3.63) is 29.3 Å². The summed E-state index contributed by atoms with van der Waals surface area (Å²) in [7, 11) is 0. The highest BCUT2D eigenvalue weighted by atomic mass is 35.5. The number of hydrogen-bond donors (Lipinski definition) is 2. The Morgan fingerprint density at radius 3 is 2.59 bits per heavy atom. The molecule has 0 aromatic heterocycles. The first kappa shape index (κ1) is 17.1. The van der Waals surface area contributed by atoms with Gasteiger partial charge in [-0.15, -0.1) is 0 Å². The Morgan fingerprint density at radius 1 is 1.32 bits per heavy atom. The Balaban J connectivity index is 1.96. The molecule has 1 aromatic rings. The summed E-state index contributed by atoms with van der Waals surface area (Å²) in [6.45, 7) is 3.92. The summed E-state index contributed by atoms with van der Waals surface area (Å²) >= 11 is 5.95. The fourth-order valence-corrected chi connectivity index (χ4v) is 2.86. The van der Waals surface area contributed by atoms with Gasteiger partial charge in [0, 0.05) is 11.1 Å². The van der Waals surface area contributed by atoms with Gasteiger partial charge < -0.3 is 15.2 Å². The lowest BCUT2D eigenvalue weighted by molar-refractivity contribution is -0.131. The lowest BCUT2D eigenvalue weighted by Crippen LogP contribution is -2.47. The molecule has 1 unspecified atom stereocenters. The molecule has 1 aliphatic carbocycles. The highest BCUT2D eigenvalue weighted by molar-refractivity contribution is 6.30. The first-order chi connectivity index (χ1) is 10.5. The highest BCUT2D eigenvalue weighted by Gasteiger charge is 2.28. The first-order valence-corrected chi connectivity index (χ1v) is 8.24. The Kier molecular flexibility index (Phi) is 6.09. The lowest BCUT2D eigenvalue weighted by atomic mass is 9.92. The van der Waals surface area contributed by atoms with E-state index >= 15 is 0 Å². The Morgan fingerprint density at radius 2 is 2.00 bits per heavy atom. The van der Waals surface area contributed by atoms with Crippen molar-refractivity contribution in [3.8, 4) is 5.75 Å². The van der Waals surface area contributed by atoms with Crippen LogP contribution in [0, 0.1) is 5.92 Å². The first-order valence-electron chi connectivity index (χ1n) is 7.86. The number of amides is 1. The van der Waals surface area contributed by atoms with Gasteiger partial charge in [0.15, 0.2) is 6.10 Å². The van der Waals surface area contributed by atoms with Crippen LogP contribution < -0.4 is 10.1 Å². The molecule has 22 heavy (non-hydrogen) atoms. The molecule has 0 spiro atoms. The third kappa shape index (κ3) is 4.89. The van der Waals surface area contributed by atoms with Gasteiger partial charge in [-0.1, -0.05) is 31.5 Å². The maximum atomic E-state index is 12.5. The molecule has 0 saturated heterocycles. The maximum absolute atomic E-state index is 12.5. The minimum Gasteiger partial charge on any atom is -0.480 e. The van der Waals surface area contributed by atoms with Crippen LogP contribution in [0.4, 0.5) is 0 Å². The van der Waals surface area contributed by atoms with Crippen LogP contribution in [0.3, 0.4) is 0 Å². The molecular weight excluding hydrogens is 302 g/mol. The Bertz CT molecular complexity index is 498. The Labute approximate surface area is 136 Å². The van der Waals surface area contributed by atoms with E-state index in [0.717, 1.165) is 25.7 Å². The van der Waals surface area contributed by atoms with Crippen LogP contribution in [0.25, 0.3) is 0 Å². The second-order valence-electron chi connectivity index (χ2n) is 6.25. The average molecular weight is 326 g/mol. The molecule has 5 heteroatoms. The second-order valence-corrected chi connectivity index (χ2v) is 6.69. The van der Waals surface area contributed by atoms with Crippen LogP contribution >= 0.6 is 11.6 Å². The van der Waals surface area contributed by atoms with Crippen LogP contribution in [-0.4, -0.2) is 29.3 Å². The summed E-state index contributed by atoms with van der Waals surface area (Å²) in [6, 6.07) is 7.20. The predicted octanol–water partition coefficient (Wildman–Crippen LogP) is 3.16. The van der Waals surface area contributed by atoms with Gasteiger partial charge in [0.25, 0.3) is 5.91 Å². The minimum absolute atomic E-state index is 0.0492. The number of hydrogen-bond acceptors (Lipinski definition) is 3. The largest absolute Gasteiger partial charge is 0.480 e. The smallest absolute Gasteiger partial charge is 0.261 e. The van der Waals surface area contributed by atoms with Crippen molar-refractivity contribution >= 4 is 17.5 Å². The molecule has 0 radical (unpaired) electrons. The van der Waals surface area contributed by atoms with Gasteiger partial charge in [0.05, 0.1) is 6.10 Å². The van der Waals surface area contributed by atoms with Crippen molar-refractivity contribution in [1.29, 1.82) is 0 Å². The number of carbonyl (C=O) groups is 1. The minimum atomic E-state index is -0.551. The highest BCUT2D eigenvalue weighted by Crippen LogP contribution is 2.22. The summed E-state index contributed by atoms with van der Waals surface area (Å²) in [5, 5.41) is 13.2. The average Bonchev–Trinajstić information content (AvgIpc) is 2.47. The van der Waals surface area contributed by atoms with E-state index in [1.807, 2.05) is 13.8 Å². The number of aliphatic hydroxyl groups is 1. The van der Waals surface area contributed by atoms with Crippen LogP contribution in [0.2, 0.25) is 5.02 Å². The monoisotopic (exact) mass is 325 g/mol. The number of carbonyl (C=O) groups excluding carboxylic acids is 1. The van der Waals surface area contributed by atoms with Crippen LogP contribution in [-0.2, 0) is 4.79 Å². The van der Waals surface area contributed by atoms with Crippen molar-refractivity contribution in [1.82, 2.24) is 5.32 Å². The normalized spacial score (nSPS) is 23.1. The fraction of sp³-hybridized carbons (Fsp3) is 0.588. The van der Waals surface area contributed by atoms with E-state index in [0.29, 0.717) is 10.8 Å². The third-order valence-corrected chi connectivity index (χ3v) is 4.20. The SMILES string of the molecule is CC(C)C(Oc1cccc(Cl)c1)C(=O)NC1CCC(O)CC1. The van der Waals surface area contributed by atoms with E-state index in [4.69, 9.17) is 16.3 Å². The van der Waals surface area contributed by atoms with Gasteiger partial charge in [-0.3, -0.25) is 4.79 Å². The molecule has 1 aliphatic rings. The molecule has 1 aromatic carbocycles. The molecule has 1 amide bonds. The van der Waals surface area contributed by atoms with Gasteiger partial charge >= 0.3 is 0 Å². The summed E-state index contributed by atoms with van der Waals surface area (Å²) in [5.74, 6) is 0.546. The van der Waals surface area contributed by atoms with E-state index < -0.39 is 6.10 Å². The molecule has 2 N–H and O–H groups in total. The standard InChI is InChI=1S/C17H24ClNO3/c1-11(2)16(22-15-5-3-4-12(18)10-15)17(21)19-13-6-8-14(20)9-7-13/h3-5,10-11,13-14,16,20H,6-9H2,1-2H3,(H,19,21). The molecule has 122 valence electrons. The second kappa shape index (κ2) is 7.84. The molecule has 4 nitrogen and oxygen atoms in total. The molecular formula is C17H24ClNO3. The van der Waals surface area contributed by atoms with E-state index in [-0.39, 0.29) is 24.0 Å². The lowest BCUT2D eigenvalue weighted by Gasteiger charge is -2.29.